The number of hydrogen-bond acceptors (Lipinski definition) is 3. The Labute approximate surface area is 147 Å². The van der Waals surface area contributed by atoms with Crippen LogP contribution in [0.4, 0.5) is 0 Å². The Balaban J connectivity index is 2.21. The van der Waals surface area contributed by atoms with Crippen LogP contribution in [-0.2, 0) is 16.5 Å². The molecule has 0 amide bonds. The lowest BCUT2D eigenvalue weighted by Crippen LogP contribution is -2.02. The molecule has 2 N–H and O–H groups in total. The average Bonchev–Trinajstić information content (AvgIpc) is 2.58. The molecule has 0 unspecified atom stereocenters. The van der Waals surface area contributed by atoms with E-state index in [2.05, 4.69) is 0 Å². The standard InChI is InChI=1S/C20H18O4S/c1-14-7-5-6-10-16(14)11-17-12-20(25(22,23)24)19(21)13-18(17)15-8-3-2-4-9-15/h2-10,12-13,21H,11H2,1H3,(H,22,23,24). The number of benzene rings is 3. The second-order valence-corrected chi connectivity index (χ2v) is 7.31. The molecule has 0 saturated carbocycles. The van der Waals surface area contributed by atoms with Crippen molar-refractivity contribution in [3.05, 3.63) is 83.4 Å². The van der Waals surface area contributed by atoms with E-state index >= 15 is 0 Å². The molecular formula is C20H18O4S. The SMILES string of the molecule is Cc1ccccc1Cc1cc(S(=O)(=O)O)c(O)cc1-c1ccccc1. The van der Waals surface area contributed by atoms with Crippen LogP contribution >= 0.6 is 0 Å². The number of aryl methyl sites for hydroxylation is 1. The number of aromatic hydroxyl groups is 1. The molecule has 25 heavy (non-hydrogen) atoms. The van der Waals surface area contributed by atoms with E-state index in [1.807, 2.05) is 61.5 Å². The average molecular weight is 354 g/mol. The summed E-state index contributed by atoms with van der Waals surface area (Å²) in [4.78, 5) is -0.476. The van der Waals surface area contributed by atoms with Gasteiger partial charge < -0.3 is 5.11 Å². The minimum absolute atomic E-state index is 0.463. The molecule has 0 bridgehead atoms. The monoisotopic (exact) mass is 354 g/mol. The van der Waals surface area contributed by atoms with Crippen LogP contribution in [0.2, 0.25) is 0 Å². The summed E-state index contributed by atoms with van der Waals surface area (Å²) in [5, 5.41) is 10.1. The highest BCUT2D eigenvalue weighted by molar-refractivity contribution is 7.86. The summed E-state index contributed by atoms with van der Waals surface area (Å²) in [6.07, 6.45) is 0.486. The summed E-state index contributed by atoms with van der Waals surface area (Å²) >= 11 is 0. The minimum atomic E-state index is -4.51. The van der Waals surface area contributed by atoms with Gasteiger partial charge in [0.05, 0.1) is 0 Å². The Morgan fingerprint density at radius 2 is 1.52 bits per heavy atom. The summed E-state index contributed by atoms with van der Waals surface area (Å²) in [6.45, 7) is 1.99. The van der Waals surface area contributed by atoms with Crippen molar-refractivity contribution >= 4 is 10.1 Å². The van der Waals surface area contributed by atoms with E-state index in [1.165, 1.54) is 12.1 Å². The molecule has 0 spiro atoms. The van der Waals surface area contributed by atoms with Crippen molar-refractivity contribution in [2.45, 2.75) is 18.2 Å². The normalized spacial score (nSPS) is 11.4. The number of phenolic OH excluding ortho intramolecular Hbond substituents is 1. The zero-order valence-electron chi connectivity index (χ0n) is 13.7. The first-order chi connectivity index (χ1) is 11.9. The molecule has 0 aliphatic carbocycles. The van der Waals surface area contributed by atoms with Crippen LogP contribution in [0.15, 0.2) is 71.6 Å². The molecule has 0 radical (unpaired) electrons. The molecule has 3 rings (SSSR count). The Morgan fingerprint density at radius 1 is 0.880 bits per heavy atom. The zero-order valence-corrected chi connectivity index (χ0v) is 14.5. The lowest BCUT2D eigenvalue weighted by molar-refractivity contribution is 0.443. The number of rotatable bonds is 4. The fourth-order valence-corrected chi connectivity index (χ4v) is 3.48. The number of phenols is 1. The van der Waals surface area contributed by atoms with E-state index in [1.54, 1.807) is 0 Å². The van der Waals surface area contributed by atoms with Crippen molar-refractivity contribution in [2.75, 3.05) is 0 Å². The fraction of sp³-hybridized carbons (Fsp3) is 0.100. The summed E-state index contributed by atoms with van der Waals surface area (Å²) in [5.74, 6) is -0.463. The maximum atomic E-state index is 11.6. The van der Waals surface area contributed by atoms with Crippen LogP contribution in [0, 0.1) is 6.92 Å². The van der Waals surface area contributed by atoms with Crippen LogP contribution in [0.1, 0.15) is 16.7 Å². The Bertz CT molecular complexity index is 1010. The Hall–Kier alpha value is -2.63. The molecule has 3 aromatic carbocycles. The minimum Gasteiger partial charge on any atom is -0.506 e. The summed E-state index contributed by atoms with van der Waals surface area (Å²) in [6, 6.07) is 20.0. The lowest BCUT2D eigenvalue weighted by atomic mass is 9.93. The molecule has 3 aromatic rings. The number of hydrogen-bond donors (Lipinski definition) is 2. The van der Waals surface area contributed by atoms with Crippen LogP contribution in [0.25, 0.3) is 11.1 Å². The third-order valence-corrected chi connectivity index (χ3v) is 5.07. The van der Waals surface area contributed by atoms with E-state index in [9.17, 15) is 18.1 Å². The van der Waals surface area contributed by atoms with Gasteiger partial charge in [-0.1, -0.05) is 54.6 Å². The zero-order chi connectivity index (χ0) is 18.0. The summed E-state index contributed by atoms with van der Waals surface area (Å²) in [7, 11) is -4.51. The Morgan fingerprint density at radius 3 is 2.16 bits per heavy atom. The third kappa shape index (κ3) is 3.73. The molecule has 0 atom stereocenters. The largest absolute Gasteiger partial charge is 0.506 e. The van der Waals surface area contributed by atoms with Gasteiger partial charge in [0, 0.05) is 0 Å². The molecule has 5 heteroatoms. The lowest BCUT2D eigenvalue weighted by Gasteiger charge is -2.14. The van der Waals surface area contributed by atoms with Crippen molar-refractivity contribution in [3.63, 3.8) is 0 Å². The molecule has 0 aliphatic heterocycles. The van der Waals surface area contributed by atoms with Crippen LogP contribution in [-0.4, -0.2) is 18.1 Å². The second-order valence-electron chi connectivity index (χ2n) is 5.92. The second kappa shape index (κ2) is 6.70. The van der Waals surface area contributed by atoms with Crippen LogP contribution in [0.3, 0.4) is 0 Å². The smallest absolute Gasteiger partial charge is 0.298 e. The van der Waals surface area contributed by atoms with Gasteiger partial charge in [-0.05, 0) is 53.3 Å². The van der Waals surface area contributed by atoms with Gasteiger partial charge in [-0.25, -0.2) is 0 Å². The van der Waals surface area contributed by atoms with E-state index in [0.29, 0.717) is 12.0 Å². The van der Waals surface area contributed by atoms with Gasteiger partial charge in [0.1, 0.15) is 10.6 Å². The molecule has 4 nitrogen and oxygen atoms in total. The first-order valence-electron chi connectivity index (χ1n) is 7.79. The van der Waals surface area contributed by atoms with Gasteiger partial charge >= 0.3 is 0 Å². The van der Waals surface area contributed by atoms with Gasteiger partial charge in [0.2, 0.25) is 0 Å². The van der Waals surface area contributed by atoms with Crippen molar-refractivity contribution in [1.82, 2.24) is 0 Å². The highest BCUT2D eigenvalue weighted by Crippen LogP contribution is 2.34. The van der Waals surface area contributed by atoms with E-state index in [4.69, 9.17) is 0 Å². The molecule has 0 fully saturated rings. The molecule has 128 valence electrons. The highest BCUT2D eigenvalue weighted by atomic mass is 32.2. The van der Waals surface area contributed by atoms with Crippen molar-refractivity contribution in [1.29, 1.82) is 0 Å². The van der Waals surface area contributed by atoms with Crippen molar-refractivity contribution in [2.24, 2.45) is 0 Å². The summed E-state index contributed by atoms with van der Waals surface area (Å²) in [5.41, 5.74) is 4.44. The first-order valence-corrected chi connectivity index (χ1v) is 9.23. The van der Waals surface area contributed by atoms with Gasteiger partial charge in [0.25, 0.3) is 10.1 Å². The van der Waals surface area contributed by atoms with Gasteiger partial charge in [-0.2, -0.15) is 8.42 Å². The third-order valence-electron chi connectivity index (χ3n) is 4.19. The molecular weight excluding hydrogens is 336 g/mol. The fourth-order valence-electron chi connectivity index (χ4n) is 2.86. The van der Waals surface area contributed by atoms with Gasteiger partial charge in [0.15, 0.2) is 0 Å². The van der Waals surface area contributed by atoms with Crippen molar-refractivity contribution in [3.8, 4) is 16.9 Å². The van der Waals surface area contributed by atoms with E-state index in [0.717, 1.165) is 22.3 Å². The highest BCUT2D eigenvalue weighted by Gasteiger charge is 2.20. The van der Waals surface area contributed by atoms with Gasteiger partial charge in [-0.3, -0.25) is 4.55 Å². The maximum absolute atomic E-state index is 11.6. The maximum Gasteiger partial charge on any atom is 0.298 e. The quantitative estimate of drug-likeness (QED) is 0.689. The molecule has 0 aliphatic rings. The topological polar surface area (TPSA) is 74.6 Å². The van der Waals surface area contributed by atoms with E-state index < -0.39 is 20.8 Å². The Kier molecular flexibility index (Phi) is 4.61. The van der Waals surface area contributed by atoms with Crippen LogP contribution < -0.4 is 0 Å². The molecule has 0 saturated heterocycles. The molecule has 0 aromatic heterocycles. The predicted octanol–water partition coefficient (Wildman–Crippen LogP) is 4.21. The first kappa shape index (κ1) is 17.2. The predicted molar refractivity (Wildman–Crippen MR) is 97.3 cm³/mol. The summed E-state index contributed by atoms with van der Waals surface area (Å²) < 4.78 is 32.5. The van der Waals surface area contributed by atoms with E-state index in [-0.39, 0.29) is 0 Å². The van der Waals surface area contributed by atoms with Crippen LogP contribution in [0.5, 0.6) is 5.75 Å². The van der Waals surface area contributed by atoms with Crippen molar-refractivity contribution < 1.29 is 18.1 Å². The molecule has 0 heterocycles. The van der Waals surface area contributed by atoms with Gasteiger partial charge in [-0.15, -0.1) is 0 Å².